The molecule has 19 heavy (non-hydrogen) atoms. The first-order chi connectivity index (χ1) is 9.10. The van der Waals surface area contributed by atoms with Gasteiger partial charge in [-0.2, -0.15) is 0 Å². The number of nitrogens with zero attached hydrogens (tertiary/aromatic N) is 1. The summed E-state index contributed by atoms with van der Waals surface area (Å²) in [5.74, 6) is -1.16. The molecule has 1 heterocycles. The molecule has 1 amide bonds. The number of carboxylic acids is 1. The summed E-state index contributed by atoms with van der Waals surface area (Å²) in [5.41, 5.74) is 3.12. The third-order valence-electron chi connectivity index (χ3n) is 2.84. The van der Waals surface area contributed by atoms with Crippen LogP contribution in [-0.2, 0) is 4.79 Å². The standard InChI is InChI=1S/C13H14N2O3S/c1-2-9(6-12(16)17)15-13(18)8-3-4-10-11(5-8)19-7-14-10/h3-5,7,9H,2,6H2,1H3,(H,15,18)(H,16,17). The minimum absolute atomic E-state index is 0.0644. The topological polar surface area (TPSA) is 79.3 Å². The summed E-state index contributed by atoms with van der Waals surface area (Å²) in [4.78, 5) is 26.9. The Bertz CT molecular complexity index is 609. The van der Waals surface area contributed by atoms with Crippen LogP contribution in [0.5, 0.6) is 0 Å². The Labute approximate surface area is 114 Å². The number of hydrogen-bond donors (Lipinski definition) is 2. The lowest BCUT2D eigenvalue weighted by Gasteiger charge is -2.14. The number of carbonyl (C=O) groups is 2. The van der Waals surface area contributed by atoms with Gasteiger partial charge < -0.3 is 10.4 Å². The fourth-order valence-corrected chi connectivity index (χ4v) is 2.49. The molecule has 0 aliphatic rings. The molecule has 5 nitrogen and oxygen atoms in total. The molecule has 0 radical (unpaired) electrons. The van der Waals surface area contributed by atoms with Crippen LogP contribution in [0, 0.1) is 0 Å². The second-order valence-corrected chi connectivity index (χ2v) is 5.10. The van der Waals surface area contributed by atoms with Gasteiger partial charge in [0.1, 0.15) is 0 Å². The Morgan fingerprint density at radius 3 is 2.95 bits per heavy atom. The highest BCUT2D eigenvalue weighted by Crippen LogP contribution is 2.19. The largest absolute Gasteiger partial charge is 0.481 e. The van der Waals surface area contributed by atoms with Crippen LogP contribution < -0.4 is 5.32 Å². The van der Waals surface area contributed by atoms with E-state index in [4.69, 9.17) is 5.11 Å². The quantitative estimate of drug-likeness (QED) is 0.879. The molecule has 1 unspecified atom stereocenters. The van der Waals surface area contributed by atoms with Gasteiger partial charge in [-0.1, -0.05) is 6.92 Å². The van der Waals surface area contributed by atoms with Gasteiger partial charge in [0.25, 0.3) is 5.91 Å². The van der Waals surface area contributed by atoms with Crippen LogP contribution >= 0.6 is 11.3 Å². The van der Waals surface area contributed by atoms with E-state index in [0.29, 0.717) is 12.0 Å². The third kappa shape index (κ3) is 3.29. The number of benzene rings is 1. The van der Waals surface area contributed by atoms with Gasteiger partial charge in [-0.3, -0.25) is 9.59 Å². The molecule has 6 heteroatoms. The first-order valence-corrected chi connectivity index (χ1v) is 6.84. The average molecular weight is 278 g/mol. The fraction of sp³-hybridized carbons (Fsp3) is 0.308. The van der Waals surface area contributed by atoms with Crippen LogP contribution in [0.25, 0.3) is 10.2 Å². The van der Waals surface area contributed by atoms with Crippen LogP contribution in [0.2, 0.25) is 0 Å². The number of fused-ring (bicyclic) bond motifs is 1. The van der Waals surface area contributed by atoms with E-state index < -0.39 is 5.97 Å². The van der Waals surface area contributed by atoms with E-state index in [1.165, 1.54) is 11.3 Å². The number of thiazole rings is 1. The highest BCUT2D eigenvalue weighted by atomic mass is 32.1. The van der Waals surface area contributed by atoms with Crippen molar-refractivity contribution in [3.8, 4) is 0 Å². The first-order valence-electron chi connectivity index (χ1n) is 5.96. The predicted octanol–water partition coefficient (Wildman–Crippen LogP) is 2.28. The van der Waals surface area contributed by atoms with E-state index in [-0.39, 0.29) is 18.4 Å². The number of aromatic nitrogens is 1. The van der Waals surface area contributed by atoms with Gasteiger partial charge in [0.15, 0.2) is 0 Å². The zero-order valence-electron chi connectivity index (χ0n) is 10.4. The molecule has 0 saturated carbocycles. The highest BCUT2D eigenvalue weighted by molar-refractivity contribution is 7.16. The van der Waals surface area contributed by atoms with Gasteiger partial charge in [-0.05, 0) is 24.6 Å². The molecule has 1 aromatic heterocycles. The smallest absolute Gasteiger partial charge is 0.305 e. The van der Waals surface area contributed by atoms with Crippen molar-refractivity contribution in [3.63, 3.8) is 0 Å². The Kier molecular flexibility index (Phi) is 4.11. The van der Waals surface area contributed by atoms with E-state index in [1.807, 2.05) is 6.92 Å². The van der Waals surface area contributed by atoms with Crippen molar-refractivity contribution in [3.05, 3.63) is 29.3 Å². The van der Waals surface area contributed by atoms with Crippen LogP contribution in [0.15, 0.2) is 23.7 Å². The lowest BCUT2D eigenvalue weighted by Crippen LogP contribution is -2.35. The molecule has 0 bridgehead atoms. The molecular weight excluding hydrogens is 264 g/mol. The van der Waals surface area contributed by atoms with Crippen molar-refractivity contribution in [2.45, 2.75) is 25.8 Å². The minimum atomic E-state index is -0.912. The number of amides is 1. The maximum Gasteiger partial charge on any atom is 0.305 e. The Morgan fingerprint density at radius 1 is 1.47 bits per heavy atom. The van der Waals surface area contributed by atoms with Crippen molar-refractivity contribution in [1.82, 2.24) is 10.3 Å². The summed E-state index contributed by atoms with van der Waals surface area (Å²) < 4.78 is 0.943. The number of hydrogen-bond acceptors (Lipinski definition) is 4. The predicted molar refractivity (Wildman–Crippen MR) is 73.4 cm³/mol. The fourth-order valence-electron chi connectivity index (χ4n) is 1.77. The van der Waals surface area contributed by atoms with Crippen molar-refractivity contribution in [2.24, 2.45) is 0 Å². The van der Waals surface area contributed by atoms with E-state index in [1.54, 1.807) is 23.7 Å². The van der Waals surface area contributed by atoms with Crippen LogP contribution in [0.1, 0.15) is 30.1 Å². The lowest BCUT2D eigenvalue weighted by atomic mass is 10.1. The molecule has 2 rings (SSSR count). The number of carboxylic acid groups (broad SMARTS) is 1. The molecule has 0 fully saturated rings. The van der Waals surface area contributed by atoms with Crippen LogP contribution in [0.4, 0.5) is 0 Å². The summed E-state index contributed by atoms with van der Waals surface area (Å²) in [5, 5.41) is 11.5. The molecular formula is C13H14N2O3S. The summed E-state index contributed by atoms with van der Waals surface area (Å²) in [7, 11) is 0. The summed E-state index contributed by atoms with van der Waals surface area (Å²) in [6, 6.07) is 4.92. The minimum Gasteiger partial charge on any atom is -0.481 e. The van der Waals surface area contributed by atoms with Crippen LogP contribution in [0.3, 0.4) is 0 Å². The second-order valence-electron chi connectivity index (χ2n) is 4.21. The summed E-state index contributed by atoms with van der Waals surface area (Å²) >= 11 is 1.47. The second kappa shape index (κ2) is 5.79. The first kappa shape index (κ1) is 13.5. The van der Waals surface area contributed by atoms with Gasteiger partial charge in [0.05, 0.1) is 22.1 Å². The normalized spacial score (nSPS) is 12.3. The van der Waals surface area contributed by atoms with E-state index in [9.17, 15) is 9.59 Å². The van der Waals surface area contributed by atoms with Gasteiger partial charge in [-0.25, -0.2) is 4.98 Å². The zero-order chi connectivity index (χ0) is 13.8. The molecule has 0 saturated heterocycles. The molecule has 1 aromatic carbocycles. The van der Waals surface area contributed by atoms with Gasteiger partial charge in [-0.15, -0.1) is 11.3 Å². The summed E-state index contributed by atoms with van der Waals surface area (Å²) in [6.45, 7) is 1.85. The molecule has 2 N–H and O–H groups in total. The Morgan fingerprint density at radius 2 is 2.26 bits per heavy atom. The number of nitrogens with one attached hydrogen (secondary N) is 1. The van der Waals surface area contributed by atoms with E-state index >= 15 is 0 Å². The number of aliphatic carboxylic acids is 1. The summed E-state index contributed by atoms with van der Waals surface area (Å²) in [6.07, 6.45) is 0.520. The van der Waals surface area contributed by atoms with Crippen molar-refractivity contribution < 1.29 is 14.7 Å². The SMILES string of the molecule is CCC(CC(=O)O)NC(=O)c1ccc2ncsc2c1. The van der Waals surface area contributed by atoms with E-state index in [0.717, 1.165) is 10.2 Å². The van der Waals surface area contributed by atoms with Crippen LogP contribution in [-0.4, -0.2) is 28.0 Å². The van der Waals surface area contributed by atoms with Gasteiger partial charge in [0, 0.05) is 11.6 Å². The van der Waals surface area contributed by atoms with Gasteiger partial charge in [0.2, 0.25) is 0 Å². The number of carbonyl (C=O) groups excluding carboxylic acids is 1. The lowest BCUT2D eigenvalue weighted by molar-refractivity contribution is -0.137. The molecule has 0 aliphatic carbocycles. The molecule has 1 atom stereocenters. The molecule has 0 spiro atoms. The van der Waals surface area contributed by atoms with Crippen molar-refractivity contribution in [2.75, 3.05) is 0 Å². The Balaban J connectivity index is 2.11. The molecule has 100 valence electrons. The maximum atomic E-state index is 12.0. The monoisotopic (exact) mass is 278 g/mol. The van der Waals surface area contributed by atoms with E-state index in [2.05, 4.69) is 10.3 Å². The highest BCUT2D eigenvalue weighted by Gasteiger charge is 2.15. The maximum absolute atomic E-state index is 12.0. The molecule has 0 aliphatic heterocycles. The van der Waals surface area contributed by atoms with Crippen molar-refractivity contribution in [1.29, 1.82) is 0 Å². The zero-order valence-corrected chi connectivity index (χ0v) is 11.2. The number of rotatable bonds is 5. The van der Waals surface area contributed by atoms with Crippen molar-refractivity contribution >= 4 is 33.4 Å². The third-order valence-corrected chi connectivity index (χ3v) is 3.63. The molecule has 2 aromatic rings. The average Bonchev–Trinajstić information content (AvgIpc) is 2.84. The van der Waals surface area contributed by atoms with Gasteiger partial charge >= 0.3 is 5.97 Å². The Hall–Kier alpha value is -1.95.